The van der Waals surface area contributed by atoms with Crippen molar-refractivity contribution in [3.05, 3.63) is 40.5 Å². The summed E-state index contributed by atoms with van der Waals surface area (Å²) in [7, 11) is 5.85. The van der Waals surface area contributed by atoms with Crippen LogP contribution in [0.15, 0.2) is 21.3 Å². The maximum absolute atomic E-state index is 11.6. The van der Waals surface area contributed by atoms with E-state index in [0.717, 1.165) is 17.0 Å². The van der Waals surface area contributed by atoms with Crippen molar-refractivity contribution < 1.29 is 113 Å². The molecule has 14 nitrogen and oxygen atoms in total. The largest absolute Gasteiger partial charge is 0.475 e. The molecule has 0 spiro atoms. The number of aromatic nitrogens is 4. The van der Waals surface area contributed by atoms with Crippen LogP contribution in [-0.2, 0) is 94.0 Å². The summed E-state index contributed by atoms with van der Waals surface area (Å²) in [4.78, 5) is 33.8. The minimum absolute atomic E-state index is 0. The SMILES string of the molecule is CC.COCCC(CC(=O)OC)c1noc(-c2ccn[nH]2)c1C.COCCC(CC(=O)OC)c1noc(C(=O)O)c1C.[Y].[Y]. The predicted molar refractivity (Wildman–Crippen MR) is 150 cm³/mol. The number of carboxylic acids is 1. The molecule has 0 saturated carbocycles. The van der Waals surface area contributed by atoms with Crippen molar-refractivity contribution >= 4 is 17.9 Å². The molecule has 0 aliphatic heterocycles. The fraction of sp³-hybridized carbons (Fsp3) is 0.571. The molecule has 0 bridgehead atoms. The summed E-state index contributed by atoms with van der Waals surface area (Å²) >= 11 is 0. The van der Waals surface area contributed by atoms with Crippen LogP contribution in [0.25, 0.3) is 11.5 Å². The van der Waals surface area contributed by atoms with Crippen LogP contribution in [0.5, 0.6) is 0 Å². The molecular formula is C28H42N4O10Y2. The van der Waals surface area contributed by atoms with Gasteiger partial charge in [-0.25, -0.2) is 4.79 Å². The molecule has 2 unspecified atom stereocenters. The van der Waals surface area contributed by atoms with Gasteiger partial charge in [0.1, 0.15) is 5.69 Å². The van der Waals surface area contributed by atoms with Gasteiger partial charge in [-0.15, -0.1) is 0 Å². The second-order valence-corrected chi connectivity index (χ2v) is 8.84. The van der Waals surface area contributed by atoms with E-state index in [9.17, 15) is 14.4 Å². The normalized spacial score (nSPS) is 11.3. The van der Waals surface area contributed by atoms with Crippen LogP contribution >= 0.6 is 0 Å². The Labute approximate surface area is 307 Å². The first-order valence-corrected chi connectivity index (χ1v) is 13.4. The van der Waals surface area contributed by atoms with E-state index in [1.807, 2.05) is 26.8 Å². The van der Waals surface area contributed by atoms with Gasteiger partial charge in [-0.05, 0) is 32.8 Å². The topological polar surface area (TPSA) is 189 Å². The minimum atomic E-state index is -1.18. The van der Waals surface area contributed by atoms with Crippen LogP contribution in [0.2, 0.25) is 0 Å². The average molecular weight is 772 g/mol. The molecule has 3 heterocycles. The summed E-state index contributed by atoms with van der Waals surface area (Å²) in [6.07, 6.45) is 3.19. The number of methoxy groups -OCH3 is 4. The molecule has 2 atom stereocenters. The third-order valence-corrected chi connectivity index (χ3v) is 6.26. The summed E-state index contributed by atoms with van der Waals surface area (Å²) in [5.41, 5.74) is 3.29. The number of esters is 2. The summed E-state index contributed by atoms with van der Waals surface area (Å²) in [5.74, 6) is -1.80. The maximum Gasteiger partial charge on any atom is 0.375 e. The minimum Gasteiger partial charge on any atom is -0.475 e. The van der Waals surface area contributed by atoms with E-state index in [4.69, 9.17) is 28.4 Å². The zero-order valence-electron chi connectivity index (χ0n) is 26.7. The smallest absolute Gasteiger partial charge is 0.375 e. The molecule has 0 aromatic carbocycles. The molecule has 3 aromatic rings. The number of hydrogen-bond donors (Lipinski definition) is 2. The van der Waals surface area contributed by atoms with Crippen LogP contribution in [0.3, 0.4) is 0 Å². The number of ether oxygens (including phenoxy) is 4. The third kappa shape index (κ3) is 13.7. The van der Waals surface area contributed by atoms with Crippen LogP contribution in [0.1, 0.15) is 84.4 Å². The van der Waals surface area contributed by atoms with Crippen molar-refractivity contribution in [3.8, 4) is 11.5 Å². The summed E-state index contributed by atoms with van der Waals surface area (Å²) < 4.78 is 29.6. The zero-order chi connectivity index (χ0) is 31.7. The monoisotopic (exact) mass is 772 g/mol. The molecule has 0 amide bonds. The number of nitrogens with zero attached hydrogens (tertiary/aromatic N) is 3. The van der Waals surface area contributed by atoms with Gasteiger partial charge in [0, 0.05) is 122 Å². The van der Waals surface area contributed by atoms with Crippen LogP contribution in [0, 0.1) is 13.8 Å². The van der Waals surface area contributed by atoms with E-state index < -0.39 is 5.97 Å². The van der Waals surface area contributed by atoms with Gasteiger partial charge in [0.2, 0.25) is 5.76 Å². The van der Waals surface area contributed by atoms with Gasteiger partial charge in [-0.3, -0.25) is 14.7 Å². The number of rotatable bonds is 14. The molecule has 44 heavy (non-hydrogen) atoms. The van der Waals surface area contributed by atoms with E-state index in [-0.39, 0.29) is 108 Å². The second kappa shape index (κ2) is 24.4. The number of carbonyl (C=O) groups is 3. The summed E-state index contributed by atoms with van der Waals surface area (Å²) in [5, 5.41) is 23.5. The average Bonchev–Trinajstić information content (AvgIpc) is 3.75. The van der Waals surface area contributed by atoms with Crippen molar-refractivity contribution in [2.24, 2.45) is 0 Å². The van der Waals surface area contributed by atoms with Crippen molar-refractivity contribution in [2.75, 3.05) is 41.7 Å². The second-order valence-electron chi connectivity index (χ2n) is 8.84. The van der Waals surface area contributed by atoms with Crippen LogP contribution in [0.4, 0.5) is 0 Å². The Morgan fingerprint density at radius 2 is 1.32 bits per heavy atom. The molecule has 2 N–H and O–H groups in total. The Morgan fingerprint density at radius 1 is 0.841 bits per heavy atom. The quantitative estimate of drug-likeness (QED) is 0.219. The molecule has 3 aromatic heterocycles. The fourth-order valence-corrected chi connectivity index (χ4v) is 4.05. The third-order valence-electron chi connectivity index (χ3n) is 6.26. The summed E-state index contributed by atoms with van der Waals surface area (Å²) in [6.45, 7) is 8.48. The van der Waals surface area contributed by atoms with E-state index in [1.54, 1.807) is 27.3 Å². The first-order chi connectivity index (χ1) is 20.2. The molecule has 2 radical (unpaired) electrons. The van der Waals surface area contributed by atoms with Gasteiger partial charge < -0.3 is 33.1 Å². The van der Waals surface area contributed by atoms with Crippen LogP contribution < -0.4 is 0 Å². The number of aromatic amines is 1. The van der Waals surface area contributed by atoms with Crippen molar-refractivity contribution in [2.45, 2.75) is 65.2 Å². The van der Waals surface area contributed by atoms with Gasteiger partial charge in [-0.1, -0.05) is 24.2 Å². The van der Waals surface area contributed by atoms with Crippen LogP contribution in [-0.4, -0.2) is 85.2 Å². The molecule has 0 aliphatic carbocycles. The van der Waals surface area contributed by atoms with Gasteiger partial charge >= 0.3 is 17.9 Å². The maximum atomic E-state index is 11.6. The van der Waals surface area contributed by atoms with E-state index in [0.29, 0.717) is 43.1 Å². The van der Waals surface area contributed by atoms with E-state index >= 15 is 0 Å². The molecule has 3 rings (SSSR count). The van der Waals surface area contributed by atoms with Crippen molar-refractivity contribution in [1.29, 1.82) is 0 Å². The Kier molecular flexibility index (Phi) is 24.6. The van der Waals surface area contributed by atoms with Crippen molar-refractivity contribution in [1.82, 2.24) is 20.5 Å². The molecule has 16 heteroatoms. The zero-order valence-corrected chi connectivity index (χ0v) is 32.3. The number of nitrogens with one attached hydrogen (secondary N) is 1. The first kappa shape index (κ1) is 44.3. The molecule has 0 fully saturated rings. The first-order valence-electron chi connectivity index (χ1n) is 13.4. The Bertz CT molecular complexity index is 1230. The Hall–Kier alpha value is -1.83. The number of carboxylic acid groups (broad SMARTS) is 1. The van der Waals surface area contributed by atoms with E-state index in [1.165, 1.54) is 14.2 Å². The standard InChI is InChI=1S/C14H19N3O4.C12H17NO6.C2H6.2Y/c1-9-13(10(5-7-19-2)8-12(18)20-3)17-21-14(9)11-4-6-15-16-11;1-7-10(13-19-11(7)12(15)16)8(4-5-17-2)6-9(14)18-3;1-2;;/h4,6,10H,5,7-8H2,1-3H3,(H,15,16);8H,4-6H2,1-3H3,(H,15,16);1-2H3;;. The van der Waals surface area contributed by atoms with Gasteiger partial charge in [0.05, 0.1) is 38.4 Å². The van der Waals surface area contributed by atoms with Crippen molar-refractivity contribution in [3.63, 3.8) is 0 Å². The number of carbonyl (C=O) groups excluding carboxylic acids is 2. The molecule has 0 aliphatic rings. The Morgan fingerprint density at radius 3 is 1.70 bits per heavy atom. The predicted octanol–water partition coefficient (Wildman–Crippen LogP) is 4.44. The van der Waals surface area contributed by atoms with Gasteiger partial charge in [0.25, 0.3) is 0 Å². The van der Waals surface area contributed by atoms with E-state index in [2.05, 4.69) is 25.2 Å². The summed E-state index contributed by atoms with van der Waals surface area (Å²) in [6, 6.07) is 1.81. The molecule has 0 saturated heterocycles. The Balaban J connectivity index is 0. The van der Waals surface area contributed by atoms with Gasteiger partial charge in [0.15, 0.2) is 5.76 Å². The van der Waals surface area contributed by atoms with Gasteiger partial charge in [-0.2, -0.15) is 5.10 Å². The molecule has 240 valence electrons. The molecular weight excluding hydrogens is 730 g/mol. The number of hydrogen-bond acceptors (Lipinski definition) is 12. The fourth-order valence-electron chi connectivity index (χ4n) is 4.05. The number of aromatic carboxylic acids is 1. The number of H-pyrrole nitrogens is 1.